The van der Waals surface area contributed by atoms with E-state index in [1.54, 1.807) is 14.2 Å². The Morgan fingerprint density at radius 3 is 2.89 bits per heavy atom. The van der Waals surface area contributed by atoms with E-state index in [1.165, 1.54) is 10.9 Å². The molecule has 2 rings (SSSR count). The Morgan fingerprint density at radius 1 is 1.67 bits per heavy atom. The highest BCUT2D eigenvalue weighted by molar-refractivity contribution is 5.97. The first-order valence-electron chi connectivity index (χ1n) is 6.13. The Labute approximate surface area is 106 Å². The molecule has 1 saturated carbocycles. The summed E-state index contributed by atoms with van der Waals surface area (Å²) < 4.78 is 6.59. The number of carbonyl (C=O) groups is 1. The molecular weight excluding hydrogens is 232 g/mol. The van der Waals surface area contributed by atoms with Crippen molar-refractivity contribution in [3.05, 3.63) is 11.9 Å². The zero-order chi connectivity index (χ0) is 13.2. The van der Waals surface area contributed by atoms with Crippen LogP contribution in [0.15, 0.2) is 6.20 Å². The number of hydrogen-bond acceptors (Lipinski definition) is 4. The van der Waals surface area contributed by atoms with Gasteiger partial charge in [-0.25, -0.2) is 0 Å². The topological polar surface area (TPSA) is 82.2 Å². The molecule has 0 bridgehead atoms. The van der Waals surface area contributed by atoms with Gasteiger partial charge in [0.1, 0.15) is 5.69 Å². The van der Waals surface area contributed by atoms with Crippen molar-refractivity contribution in [2.75, 3.05) is 26.0 Å². The van der Waals surface area contributed by atoms with Gasteiger partial charge in [-0.2, -0.15) is 5.10 Å². The first kappa shape index (κ1) is 12.9. The van der Waals surface area contributed by atoms with Crippen LogP contribution in [0, 0.1) is 5.41 Å². The van der Waals surface area contributed by atoms with E-state index < -0.39 is 0 Å². The maximum absolute atomic E-state index is 12.0. The molecule has 1 fully saturated rings. The summed E-state index contributed by atoms with van der Waals surface area (Å²) in [6.45, 7) is 1.42. The van der Waals surface area contributed by atoms with Crippen LogP contribution in [-0.2, 0) is 11.8 Å². The van der Waals surface area contributed by atoms with Crippen molar-refractivity contribution in [2.45, 2.75) is 19.3 Å². The third kappa shape index (κ3) is 2.64. The fourth-order valence-electron chi connectivity index (χ4n) is 2.09. The fraction of sp³-hybridized carbons (Fsp3) is 0.667. The highest BCUT2D eigenvalue weighted by Gasteiger charge is 2.42. The molecule has 1 amide bonds. The molecule has 0 atom stereocenters. The minimum atomic E-state index is -0.156. The normalized spacial score (nSPS) is 16.6. The lowest BCUT2D eigenvalue weighted by Crippen LogP contribution is -2.32. The van der Waals surface area contributed by atoms with Crippen LogP contribution in [0.2, 0.25) is 0 Å². The number of nitrogens with two attached hydrogens (primary N) is 1. The number of carbonyl (C=O) groups excluding carboxylic acids is 1. The van der Waals surface area contributed by atoms with Crippen molar-refractivity contribution in [3.8, 4) is 0 Å². The molecule has 100 valence electrons. The maximum atomic E-state index is 12.0. The van der Waals surface area contributed by atoms with E-state index in [0.717, 1.165) is 25.9 Å². The first-order chi connectivity index (χ1) is 8.58. The number of rotatable bonds is 6. The minimum absolute atomic E-state index is 0.156. The predicted octanol–water partition coefficient (Wildman–Crippen LogP) is 0.549. The number of aryl methyl sites for hydroxylation is 1. The van der Waals surface area contributed by atoms with Crippen molar-refractivity contribution in [1.82, 2.24) is 15.1 Å². The van der Waals surface area contributed by atoms with Gasteiger partial charge in [0.25, 0.3) is 5.91 Å². The molecule has 0 unspecified atom stereocenters. The molecule has 1 aromatic heterocycles. The molecule has 1 aromatic rings. The van der Waals surface area contributed by atoms with Gasteiger partial charge in [-0.1, -0.05) is 0 Å². The number of nitrogen functional groups attached to an aromatic ring is 1. The minimum Gasteiger partial charge on any atom is -0.396 e. The molecule has 1 heterocycles. The quantitative estimate of drug-likeness (QED) is 0.774. The molecule has 1 aliphatic rings. The lowest BCUT2D eigenvalue weighted by Gasteiger charge is -2.15. The molecule has 0 aromatic carbocycles. The van der Waals surface area contributed by atoms with Crippen molar-refractivity contribution in [3.63, 3.8) is 0 Å². The molecular formula is C12H20N4O2. The van der Waals surface area contributed by atoms with Crippen LogP contribution in [0.25, 0.3) is 0 Å². The van der Waals surface area contributed by atoms with Crippen LogP contribution >= 0.6 is 0 Å². The summed E-state index contributed by atoms with van der Waals surface area (Å²) in [4.78, 5) is 12.0. The number of methoxy groups -OCH3 is 1. The van der Waals surface area contributed by atoms with Crippen LogP contribution < -0.4 is 11.1 Å². The number of aromatic nitrogens is 2. The summed E-state index contributed by atoms with van der Waals surface area (Å²) in [7, 11) is 3.41. The summed E-state index contributed by atoms with van der Waals surface area (Å²) in [6, 6.07) is 0. The molecule has 1 aliphatic carbocycles. The number of amides is 1. The third-order valence-electron chi connectivity index (χ3n) is 3.60. The standard InChI is InChI=1S/C12H20N4O2/c1-16-10(9(13)7-15-16)11(17)14-8-12(3-4-12)5-6-18-2/h7H,3-6,8,13H2,1-2H3,(H,14,17). The van der Waals surface area contributed by atoms with E-state index in [-0.39, 0.29) is 11.3 Å². The summed E-state index contributed by atoms with van der Waals surface area (Å²) >= 11 is 0. The van der Waals surface area contributed by atoms with Gasteiger partial charge in [0, 0.05) is 27.3 Å². The van der Waals surface area contributed by atoms with Crippen LogP contribution in [0.4, 0.5) is 5.69 Å². The molecule has 18 heavy (non-hydrogen) atoms. The van der Waals surface area contributed by atoms with Gasteiger partial charge in [-0.15, -0.1) is 0 Å². The summed E-state index contributed by atoms with van der Waals surface area (Å²) in [5.74, 6) is -0.156. The molecule has 0 aliphatic heterocycles. The third-order valence-corrected chi connectivity index (χ3v) is 3.60. The van der Waals surface area contributed by atoms with Crippen LogP contribution in [-0.4, -0.2) is 35.9 Å². The molecule has 0 saturated heterocycles. The van der Waals surface area contributed by atoms with Crippen LogP contribution in [0.5, 0.6) is 0 Å². The Bertz CT molecular complexity index is 418. The maximum Gasteiger partial charge on any atom is 0.271 e. The van der Waals surface area contributed by atoms with Gasteiger partial charge < -0.3 is 15.8 Å². The Balaban J connectivity index is 1.89. The van der Waals surface area contributed by atoms with Gasteiger partial charge in [0.05, 0.1) is 11.9 Å². The van der Waals surface area contributed by atoms with E-state index in [0.29, 0.717) is 17.9 Å². The Kier molecular flexibility index (Phi) is 3.56. The number of ether oxygens (including phenoxy) is 1. The number of nitrogens with one attached hydrogen (secondary N) is 1. The fourth-order valence-corrected chi connectivity index (χ4v) is 2.09. The van der Waals surface area contributed by atoms with E-state index >= 15 is 0 Å². The van der Waals surface area contributed by atoms with Crippen LogP contribution in [0.1, 0.15) is 29.8 Å². The van der Waals surface area contributed by atoms with Gasteiger partial charge in [0.15, 0.2) is 0 Å². The number of nitrogens with zero attached hydrogens (tertiary/aromatic N) is 2. The lowest BCUT2D eigenvalue weighted by atomic mass is 10.0. The number of anilines is 1. The lowest BCUT2D eigenvalue weighted by molar-refractivity contribution is 0.0929. The van der Waals surface area contributed by atoms with Crippen molar-refractivity contribution < 1.29 is 9.53 Å². The average molecular weight is 252 g/mol. The zero-order valence-electron chi connectivity index (χ0n) is 10.9. The van der Waals surface area contributed by atoms with E-state index in [1.807, 2.05) is 0 Å². The zero-order valence-corrected chi connectivity index (χ0v) is 10.9. The average Bonchev–Trinajstić information content (AvgIpc) is 3.05. The Hall–Kier alpha value is -1.56. The second kappa shape index (κ2) is 4.97. The largest absolute Gasteiger partial charge is 0.396 e. The van der Waals surface area contributed by atoms with Gasteiger partial charge in [0.2, 0.25) is 0 Å². The molecule has 6 nitrogen and oxygen atoms in total. The molecule has 3 N–H and O–H groups in total. The van der Waals surface area contributed by atoms with E-state index in [2.05, 4.69) is 10.4 Å². The first-order valence-corrected chi connectivity index (χ1v) is 6.13. The van der Waals surface area contributed by atoms with Crippen molar-refractivity contribution in [2.24, 2.45) is 12.5 Å². The number of hydrogen-bond donors (Lipinski definition) is 2. The molecule has 6 heteroatoms. The smallest absolute Gasteiger partial charge is 0.271 e. The highest BCUT2D eigenvalue weighted by atomic mass is 16.5. The van der Waals surface area contributed by atoms with Gasteiger partial charge in [-0.3, -0.25) is 9.48 Å². The summed E-state index contributed by atoms with van der Waals surface area (Å²) in [6.07, 6.45) is 4.78. The second-order valence-corrected chi connectivity index (χ2v) is 5.00. The monoisotopic (exact) mass is 252 g/mol. The highest BCUT2D eigenvalue weighted by Crippen LogP contribution is 2.48. The predicted molar refractivity (Wildman–Crippen MR) is 68.1 cm³/mol. The molecule has 0 radical (unpaired) electrons. The molecule has 0 spiro atoms. The second-order valence-electron chi connectivity index (χ2n) is 5.00. The van der Waals surface area contributed by atoms with Crippen molar-refractivity contribution in [1.29, 1.82) is 0 Å². The van der Waals surface area contributed by atoms with E-state index in [9.17, 15) is 4.79 Å². The van der Waals surface area contributed by atoms with E-state index in [4.69, 9.17) is 10.5 Å². The summed E-state index contributed by atoms with van der Waals surface area (Å²) in [5, 5.41) is 6.90. The van der Waals surface area contributed by atoms with Gasteiger partial charge >= 0.3 is 0 Å². The summed E-state index contributed by atoms with van der Waals surface area (Å²) in [5.41, 5.74) is 6.79. The van der Waals surface area contributed by atoms with Crippen molar-refractivity contribution >= 4 is 11.6 Å². The van der Waals surface area contributed by atoms with Crippen LogP contribution in [0.3, 0.4) is 0 Å². The SMILES string of the molecule is COCCC1(CNC(=O)c2c(N)cnn2C)CC1. The Morgan fingerprint density at radius 2 is 2.39 bits per heavy atom. The van der Waals surface area contributed by atoms with Gasteiger partial charge in [-0.05, 0) is 24.7 Å².